The van der Waals surface area contributed by atoms with Gasteiger partial charge in [-0.1, -0.05) is 18.2 Å². The van der Waals surface area contributed by atoms with Gasteiger partial charge >= 0.3 is 0 Å². The van der Waals surface area contributed by atoms with Gasteiger partial charge in [-0.05, 0) is 25.5 Å². The maximum atomic E-state index is 10.4. The average molecular weight is 331 g/mol. The minimum Gasteiger partial charge on any atom is -0.491 e. The van der Waals surface area contributed by atoms with Crippen molar-refractivity contribution in [3.05, 3.63) is 47.3 Å². The lowest BCUT2D eigenvalue weighted by Crippen LogP contribution is -2.22. The van der Waals surface area contributed by atoms with Crippen molar-refractivity contribution in [1.29, 1.82) is 0 Å². The van der Waals surface area contributed by atoms with E-state index in [0.717, 1.165) is 42.2 Å². The van der Waals surface area contributed by atoms with Gasteiger partial charge in [0.05, 0.1) is 18.4 Å². The molecule has 3 N–H and O–H groups in total. The maximum Gasteiger partial charge on any atom is 0.123 e. The molecule has 0 unspecified atom stereocenters. The second kappa shape index (κ2) is 7.79. The third-order valence-corrected chi connectivity index (χ3v) is 4.43. The first-order chi connectivity index (χ1) is 11.7. The van der Waals surface area contributed by atoms with Gasteiger partial charge in [0.1, 0.15) is 12.4 Å². The average Bonchev–Trinajstić information content (AvgIpc) is 3.13. The van der Waals surface area contributed by atoms with Gasteiger partial charge in [-0.25, -0.2) is 0 Å². The Kier molecular flexibility index (Phi) is 5.50. The van der Waals surface area contributed by atoms with Crippen molar-refractivity contribution in [2.45, 2.75) is 26.0 Å². The molecule has 1 aromatic heterocycles. The monoisotopic (exact) mass is 331 g/mol. The highest BCUT2D eigenvalue weighted by molar-refractivity contribution is 5.33. The predicted molar refractivity (Wildman–Crippen MR) is 90.8 cm³/mol. The number of aromatic amines is 1. The molecule has 1 aromatic carbocycles. The van der Waals surface area contributed by atoms with Gasteiger partial charge in [0.25, 0.3) is 0 Å². The Morgan fingerprint density at radius 1 is 1.33 bits per heavy atom. The number of aliphatic hydroxyl groups excluding tert-OH is 2. The van der Waals surface area contributed by atoms with E-state index in [1.165, 1.54) is 0 Å². The van der Waals surface area contributed by atoms with E-state index in [1.54, 1.807) is 0 Å². The largest absolute Gasteiger partial charge is 0.491 e. The zero-order valence-corrected chi connectivity index (χ0v) is 14.0. The normalized spacial score (nSPS) is 21.3. The molecule has 130 valence electrons. The molecule has 1 aliphatic rings. The van der Waals surface area contributed by atoms with Crippen LogP contribution in [0.3, 0.4) is 0 Å². The van der Waals surface area contributed by atoms with E-state index in [-0.39, 0.29) is 18.6 Å². The molecule has 1 aliphatic heterocycles. The van der Waals surface area contributed by atoms with Crippen molar-refractivity contribution in [3.63, 3.8) is 0 Å². The molecule has 2 heterocycles. The van der Waals surface area contributed by atoms with Crippen LogP contribution in [0.4, 0.5) is 0 Å². The first-order valence-electron chi connectivity index (χ1n) is 8.38. The number of hydrogen-bond acceptors (Lipinski definition) is 5. The lowest BCUT2D eigenvalue weighted by molar-refractivity contribution is 0.140. The number of hydrogen-bond donors (Lipinski definition) is 3. The summed E-state index contributed by atoms with van der Waals surface area (Å²) in [6, 6.07) is 9.90. The minimum absolute atomic E-state index is 0.00190. The number of benzene rings is 1. The number of nitrogens with zero attached hydrogens (tertiary/aromatic N) is 2. The summed E-state index contributed by atoms with van der Waals surface area (Å²) in [4.78, 5) is 2.25. The molecule has 0 radical (unpaired) electrons. The zero-order valence-electron chi connectivity index (χ0n) is 14.0. The summed E-state index contributed by atoms with van der Waals surface area (Å²) in [5, 5.41) is 26.5. The summed E-state index contributed by atoms with van der Waals surface area (Å²) in [6.07, 6.45) is 0.442. The summed E-state index contributed by atoms with van der Waals surface area (Å²) in [5.41, 5.74) is 3.13. The number of ether oxygens (including phenoxy) is 1. The standard InChI is InChI=1S/C18H25N3O3/c1-13-8-16(20-19-13)9-15-11-21(12-17(15)23)10-14-4-2-3-5-18(14)24-7-6-22/h2-5,8,15,17,22-23H,6-7,9-12H2,1H3,(H,19,20)/t15-,17-/m1/s1. The van der Waals surface area contributed by atoms with E-state index in [2.05, 4.69) is 15.1 Å². The third-order valence-electron chi connectivity index (χ3n) is 4.43. The Hall–Kier alpha value is -1.89. The second-order valence-corrected chi connectivity index (χ2v) is 6.45. The van der Waals surface area contributed by atoms with Crippen molar-refractivity contribution in [3.8, 4) is 5.75 Å². The summed E-state index contributed by atoms with van der Waals surface area (Å²) < 4.78 is 5.60. The molecule has 2 aromatic rings. The topological polar surface area (TPSA) is 81.6 Å². The van der Waals surface area contributed by atoms with E-state index in [0.29, 0.717) is 13.2 Å². The summed E-state index contributed by atoms with van der Waals surface area (Å²) in [6.45, 7) is 4.50. The van der Waals surface area contributed by atoms with E-state index >= 15 is 0 Å². The fraction of sp³-hybridized carbons (Fsp3) is 0.500. The van der Waals surface area contributed by atoms with E-state index in [1.807, 2.05) is 37.3 Å². The second-order valence-electron chi connectivity index (χ2n) is 6.45. The minimum atomic E-state index is -0.340. The highest BCUT2D eigenvalue weighted by Crippen LogP contribution is 2.26. The highest BCUT2D eigenvalue weighted by atomic mass is 16.5. The van der Waals surface area contributed by atoms with Crippen LogP contribution in [0.2, 0.25) is 0 Å². The highest BCUT2D eigenvalue weighted by Gasteiger charge is 2.32. The van der Waals surface area contributed by atoms with Gasteiger partial charge in [0, 0.05) is 36.8 Å². The predicted octanol–water partition coefficient (Wildman–Crippen LogP) is 1.12. The van der Waals surface area contributed by atoms with E-state index in [4.69, 9.17) is 9.84 Å². The molecule has 1 saturated heterocycles. The zero-order chi connectivity index (χ0) is 16.9. The first-order valence-corrected chi connectivity index (χ1v) is 8.38. The Bertz CT molecular complexity index is 658. The van der Waals surface area contributed by atoms with E-state index in [9.17, 15) is 5.11 Å². The fourth-order valence-corrected chi connectivity index (χ4v) is 3.29. The van der Waals surface area contributed by atoms with Gasteiger partial charge in [-0.3, -0.25) is 10.00 Å². The Morgan fingerprint density at radius 3 is 2.92 bits per heavy atom. The number of aryl methyl sites for hydroxylation is 1. The van der Waals surface area contributed by atoms with Gasteiger partial charge in [-0.15, -0.1) is 0 Å². The number of rotatable bonds is 7. The molecule has 3 rings (SSSR count). The van der Waals surface area contributed by atoms with Crippen LogP contribution in [0.5, 0.6) is 5.75 Å². The van der Waals surface area contributed by atoms with Crippen LogP contribution < -0.4 is 4.74 Å². The molecule has 6 nitrogen and oxygen atoms in total. The quantitative estimate of drug-likeness (QED) is 0.708. The summed E-state index contributed by atoms with van der Waals surface area (Å²) in [5.74, 6) is 0.991. The lowest BCUT2D eigenvalue weighted by atomic mass is 10.0. The van der Waals surface area contributed by atoms with Crippen LogP contribution in [0.25, 0.3) is 0 Å². The summed E-state index contributed by atoms with van der Waals surface area (Å²) >= 11 is 0. The first kappa shape index (κ1) is 17.0. The number of aliphatic hydroxyl groups is 2. The summed E-state index contributed by atoms with van der Waals surface area (Å²) in [7, 11) is 0. The third kappa shape index (κ3) is 4.14. The van der Waals surface area contributed by atoms with Crippen molar-refractivity contribution >= 4 is 0 Å². The SMILES string of the molecule is Cc1cc(C[C@@H]2CN(Cc3ccccc3OCCO)C[C@H]2O)n[nH]1. The van der Waals surface area contributed by atoms with Gasteiger partial charge < -0.3 is 14.9 Å². The molecule has 24 heavy (non-hydrogen) atoms. The van der Waals surface area contributed by atoms with Crippen LogP contribution in [0, 0.1) is 12.8 Å². The van der Waals surface area contributed by atoms with Crippen LogP contribution in [0.1, 0.15) is 17.0 Å². The Labute approximate surface area is 142 Å². The van der Waals surface area contributed by atoms with Crippen molar-refractivity contribution in [2.24, 2.45) is 5.92 Å². The number of nitrogens with one attached hydrogen (secondary N) is 1. The molecular formula is C18H25N3O3. The molecule has 0 spiro atoms. The van der Waals surface area contributed by atoms with E-state index < -0.39 is 0 Å². The molecule has 0 amide bonds. The Balaban J connectivity index is 1.61. The number of likely N-dealkylation sites (tertiary alicyclic amines) is 1. The van der Waals surface area contributed by atoms with Gasteiger partial charge in [-0.2, -0.15) is 5.10 Å². The van der Waals surface area contributed by atoms with Crippen LogP contribution >= 0.6 is 0 Å². The van der Waals surface area contributed by atoms with Crippen LogP contribution in [-0.2, 0) is 13.0 Å². The smallest absolute Gasteiger partial charge is 0.123 e. The molecule has 0 aliphatic carbocycles. The molecule has 0 saturated carbocycles. The molecule has 0 bridgehead atoms. The van der Waals surface area contributed by atoms with Gasteiger partial charge in [0.15, 0.2) is 0 Å². The molecular weight excluding hydrogens is 306 g/mol. The van der Waals surface area contributed by atoms with Gasteiger partial charge in [0.2, 0.25) is 0 Å². The fourth-order valence-electron chi connectivity index (χ4n) is 3.29. The molecule has 6 heteroatoms. The van der Waals surface area contributed by atoms with Crippen LogP contribution in [0.15, 0.2) is 30.3 Å². The van der Waals surface area contributed by atoms with Crippen molar-refractivity contribution < 1.29 is 14.9 Å². The van der Waals surface area contributed by atoms with Crippen molar-refractivity contribution in [2.75, 3.05) is 26.3 Å². The molecule has 2 atom stereocenters. The number of aromatic nitrogens is 2. The number of para-hydroxylation sites is 1. The van der Waals surface area contributed by atoms with Crippen LogP contribution in [-0.4, -0.2) is 57.7 Å². The Morgan fingerprint density at radius 2 is 2.17 bits per heavy atom. The number of H-pyrrole nitrogens is 1. The lowest BCUT2D eigenvalue weighted by Gasteiger charge is -2.18. The molecule has 1 fully saturated rings. The number of β-amino-alcohol motifs (C(OH)–C–C–N with tert-alkyl or cyclic N) is 1. The van der Waals surface area contributed by atoms with Crippen molar-refractivity contribution in [1.82, 2.24) is 15.1 Å². The maximum absolute atomic E-state index is 10.4.